The molecule has 0 aliphatic heterocycles. The molecule has 3 nitrogen and oxygen atoms in total. The summed E-state index contributed by atoms with van der Waals surface area (Å²) in [4.78, 5) is 12.2. The van der Waals surface area contributed by atoms with E-state index in [0.717, 1.165) is 19.3 Å². The highest BCUT2D eigenvalue weighted by Crippen LogP contribution is 2.44. The molecule has 1 fully saturated rings. The van der Waals surface area contributed by atoms with E-state index in [-0.39, 0.29) is 17.4 Å². The van der Waals surface area contributed by atoms with Gasteiger partial charge in [0.1, 0.15) is 0 Å². The maximum Gasteiger partial charge on any atom is 0.227 e. The highest BCUT2D eigenvalue weighted by Gasteiger charge is 2.47. The van der Waals surface area contributed by atoms with E-state index in [1.807, 2.05) is 0 Å². The molecule has 1 rings (SSSR count). The Hall–Kier alpha value is -0.570. The summed E-state index contributed by atoms with van der Waals surface area (Å²) >= 11 is 0. The molecule has 0 aromatic carbocycles. The molecule has 106 valence electrons. The summed E-state index contributed by atoms with van der Waals surface area (Å²) < 4.78 is 0. The molecule has 0 aromatic heterocycles. The third kappa shape index (κ3) is 3.98. The average molecular weight is 254 g/mol. The van der Waals surface area contributed by atoms with Gasteiger partial charge in [0.15, 0.2) is 0 Å². The van der Waals surface area contributed by atoms with Gasteiger partial charge in [-0.2, -0.15) is 0 Å². The minimum Gasteiger partial charge on any atom is -0.353 e. The van der Waals surface area contributed by atoms with Gasteiger partial charge in [0, 0.05) is 12.6 Å². The number of hydrogen-bond acceptors (Lipinski definition) is 2. The van der Waals surface area contributed by atoms with E-state index in [1.54, 1.807) is 0 Å². The van der Waals surface area contributed by atoms with E-state index >= 15 is 0 Å². The fourth-order valence-corrected chi connectivity index (χ4v) is 3.05. The fraction of sp³-hybridized carbons (Fsp3) is 0.933. The molecular weight excluding hydrogens is 224 g/mol. The van der Waals surface area contributed by atoms with Crippen molar-refractivity contribution in [2.45, 2.75) is 71.8 Å². The zero-order valence-corrected chi connectivity index (χ0v) is 12.3. The van der Waals surface area contributed by atoms with Crippen LogP contribution >= 0.6 is 0 Å². The van der Waals surface area contributed by atoms with E-state index in [0.29, 0.717) is 12.5 Å². The van der Waals surface area contributed by atoms with Crippen LogP contribution in [0.2, 0.25) is 0 Å². The minimum atomic E-state index is -0.253. The molecule has 0 aromatic rings. The first kappa shape index (κ1) is 15.5. The second-order valence-corrected chi connectivity index (χ2v) is 6.22. The largest absolute Gasteiger partial charge is 0.353 e. The summed E-state index contributed by atoms with van der Waals surface area (Å²) in [6, 6.07) is 0.286. The number of amides is 1. The van der Waals surface area contributed by atoms with Crippen LogP contribution in [-0.4, -0.2) is 18.5 Å². The van der Waals surface area contributed by atoms with Gasteiger partial charge in [-0.05, 0) is 32.1 Å². The second-order valence-electron chi connectivity index (χ2n) is 6.22. The number of rotatable bonds is 8. The zero-order chi connectivity index (χ0) is 13.6. The molecule has 1 aliphatic rings. The maximum absolute atomic E-state index is 12.2. The fourth-order valence-electron chi connectivity index (χ4n) is 3.05. The van der Waals surface area contributed by atoms with E-state index in [2.05, 4.69) is 26.1 Å². The van der Waals surface area contributed by atoms with Crippen molar-refractivity contribution in [1.29, 1.82) is 0 Å². The topological polar surface area (TPSA) is 55.1 Å². The summed E-state index contributed by atoms with van der Waals surface area (Å²) in [6.07, 6.45) is 8.04. The zero-order valence-electron chi connectivity index (χ0n) is 12.3. The molecule has 0 spiro atoms. The first-order valence-corrected chi connectivity index (χ1v) is 7.55. The molecule has 0 saturated heterocycles. The third-order valence-corrected chi connectivity index (χ3v) is 4.22. The van der Waals surface area contributed by atoms with Crippen molar-refractivity contribution in [1.82, 2.24) is 5.32 Å². The molecule has 1 aliphatic carbocycles. The standard InChI is InChI=1S/C15H30N2O/c1-4-5-6-7-8-13(3)17-14(18)15(11-16)9-12(2)10-15/h12-13H,4-11,16H2,1-3H3,(H,17,18). The lowest BCUT2D eigenvalue weighted by molar-refractivity contribution is -0.138. The normalized spacial score (nSPS) is 28.6. The summed E-state index contributed by atoms with van der Waals surface area (Å²) in [6.45, 7) is 7.01. The first-order valence-electron chi connectivity index (χ1n) is 7.55. The molecule has 18 heavy (non-hydrogen) atoms. The number of unbranched alkanes of at least 4 members (excludes halogenated alkanes) is 3. The van der Waals surface area contributed by atoms with Gasteiger partial charge in [0.2, 0.25) is 5.91 Å². The van der Waals surface area contributed by atoms with Crippen molar-refractivity contribution in [2.75, 3.05) is 6.54 Å². The Morgan fingerprint density at radius 1 is 1.39 bits per heavy atom. The highest BCUT2D eigenvalue weighted by atomic mass is 16.2. The predicted molar refractivity (Wildman–Crippen MR) is 76.2 cm³/mol. The first-order chi connectivity index (χ1) is 8.54. The summed E-state index contributed by atoms with van der Waals surface area (Å²) in [5.41, 5.74) is 5.53. The van der Waals surface area contributed by atoms with Crippen molar-refractivity contribution in [3.05, 3.63) is 0 Å². The molecule has 1 saturated carbocycles. The smallest absolute Gasteiger partial charge is 0.227 e. The van der Waals surface area contributed by atoms with Gasteiger partial charge in [-0.15, -0.1) is 0 Å². The van der Waals surface area contributed by atoms with Gasteiger partial charge < -0.3 is 11.1 Å². The molecular formula is C15H30N2O. The maximum atomic E-state index is 12.2. The van der Waals surface area contributed by atoms with E-state index in [1.165, 1.54) is 25.7 Å². The summed E-state index contributed by atoms with van der Waals surface area (Å²) in [7, 11) is 0. The van der Waals surface area contributed by atoms with Gasteiger partial charge in [-0.3, -0.25) is 4.79 Å². The third-order valence-electron chi connectivity index (χ3n) is 4.22. The SMILES string of the molecule is CCCCCCC(C)NC(=O)C1(CN)CC(C)C1. The van der Waals surface area contributed by atoms with E-state index in [9.17, 15) is 4.79 Å². The van der Waals surface area contributed by atoms with Crippen LogP contribution in [0.1, 0.15) is 65.7 Å². The molecule has 1 atom stereocenters. The van der Waals surface area contributed by atoms with Crippen LogP contribution in [0.4, 0.5) is 0 Å². The Bertz CT molecular complexity index is 259. The number of nitrogens with two attached hydrogens (primary N) is 1. The van der Waals surface area contributed by atoms with Crippen LogP contribution < -0.4 is 11.1 Å². The number of nitrogens with one attached hydrogen (secondary N) is 1. The van der Waals surface area contributed by atoms with Gasteiger partial charge in [-0.1, -0.05) is 39.5 Å². The Labute approximate surface area is 112 Å². The van der Waals surface area contributed by atoms with Crippen LogP contribution in [-0.2, 0) is 4.79 Å². The van der Waals surface area contributed by atoms with E-state index < -0.39 is 0 Å². The Morgan fingerprint density at radius 3 is 2.56 bits per heavy atom. The Morgan fingerprint density at radius 2 is 2.06 bits per heavy atom. The van der Waals surface area contributed by atoms with Crippen molar-refractivity contribution in [3.8, 4) is 0 Å². The van der Waals surface area contributed by atoms with Crippen LogP contribution in [0, 0.1) is 11.3 Å². The molecule has 1 amide bonds. The molecule has 0 radical (unpaired) electrons. The van der Waals surface area contributed by atoms with Crippen LogP contribution in [0.3, 0.4) is 0 Å². The average Bonchev–Trinajstić information content (AvgIpc) is 2.30. The predicted octanol–water partition coefficient (Wildman–Crippen LogP) is 2.84. The van der Waals surface area contributed by atoms with Gasteiger partial charge in [0.25, 0.3) is 0 Å². The van der Waals surface area contributed by atoms with Crippen LogP contribution in [0.25, 0.3) is 0 Å². The monoisotopic (exact) mass is 254 g/mol. The minimum absolute atomic E-state index is 0.186. The van der Waals surface area contributed by atoms with Crippen LogP contribution in [0.5, 0.6) is 0 Å². The van der Waals surface area contributed by atoms with Crippen molar-refractivity contribution >= 4 is 5.91 Å². The van der Waals surface area contributed by atoms with Gasteiger partial charge >= 0.3 is 0 Å². The molecule has 0 heterocycles. The lowest BCUT2D eigenvalue weighted by Gasteiger charge is -2.44. The number of carbonyl (C=O) groups excluding carboxylic acids is 1. The Kier molecular flexibility index (Phi) is 6.13. The van der Waals surface area contributed by atoms with E-state index in [4.69, 9.17) is 5.73 Å². The highest BCUT2D eigenvalue weighted by molar-refractivity contribution is 5.84. The van der Waals surface area contributed by atoms with Crippen molar-refractivity contribution < 1.29 is 4.79 Å². The Balaban J connectivity index is 2.26. The van der Waals surface area contributed by atoms with Crippen molar-refractivity contribution in [2.24, 2.45) is 17.1 Å². The quantitative estimate of drug-likeness (QED) is 0.654. The molecule has 3 N–H and O–H groups in total. The molecule has 0 bridgehead atoms. The summed E-state index contributed by atoms with van der Waals surface area (Å²) in [5.74, 6) is 0.838. The molecule has 1 unspecified atom stereocenters. The lowest BCUT2D eigenvalue weighted by Crippen LogP contribution is -2.55. The molecule has 3 heteroatoms. The van der Waals surface area contributed by atoms with Crippen molar-refractivity contribution in [3.63, 3.8) is 0 Å². The van der Waals surface area contributed by atoms with Gasteiger partial charge in [-0.25, -0.2) is 0 Å². The number of carbonyl (C=O) groups is 1. The second kappa shape index (κ2) is 7.13. The number of hydrogen-bond donors (Lipinski definition) is 2. The summed E-state index contributed by atoms with van der Waals surface area (Å²) in [5, 5.41) is 3.15. The van der Waals surface area contributed by atoms with Crippen LogP contribution in [0.15, 0.2) is 0 Å². The lowest BCUT2D eigenvalue weighted by atomic mass is 9.62. The van der Waals surface area contributed by atoms with Gasteiger partial charge in [0.05, 0.1) is 5.41 Å².